The molecule has 0 aromatic heterocycles. The Labute approximate surface area is 141 Å². The third-order valence-electron chi connectivity index (χ3n) is 2.15. The minimum absolute atomic E-state index is 0. The molecule has 2 atom stereocenters. The first-order chi connectivity index (χ1) is 9.47. The van der Waals surface area contributed by atoms with Gasteiger partial charge in [-0.15, -0.1) is 0 Å². The minimum atomic E-state index is -2.98. The smallest absolute Gasteiger partial charge is 1.00 e. The number of aliphatic carboxylic acids is 3. The van der Waals surface area contributed by atoms with Gasteiger partial charge in [-0.1, -0.05) is 0 Å². The summed E-state index contributed by atoms with van der Waals surface area (Å²) in [6.45, 7) is 0. The summed E-state index contributed by atoms with van der Waals surface area (Å²) in [6.07, 6.45) is -5.86. The van der Waals surface area contributed by atoms with Crippen LogP contribution in [0, 0.1) is 0 Å². The zero-order valence-corrected chi connectivity index (χ0v) is 12.5. The van der Waals surface area contributed by atoms with E-state index in [4.69, 9.17) is 20.4 Å². The van der Waals surface area contributed by atoms with Gasteiger partial charge in [-0.3, -0.25) is 14.4 Å². The van der Waals surface area contributed by atoms with Crippen LogP contribution in [-0.2, 0) is 28.7 Å². The summed E-state index contributed by atoms with van der Waals surface area (Å²) in [5.41, 5.74) is -2.98. The fourth-order valence-electron chi connectivity index (χ4n) is 1.15. The van der Waals surface area contributed by atoms with Crippen LogP contribution in [0.2, 0.25) is 0 Å². The molecule has 122 valence electrons. The SMILES string of the molecule is O=C(O)CC(O)(CC(=O)OC(=O)CC(O)C(=O)O)C(=O)O.[H-].[H-].[Mg+2]. The second kappa shape index (κ2) is 9.29. The van der Waals surface area contributed by atoms with E-state index in [1.54, 1.807) is 0 Å². The molecule has 12 heteroatoms. The number of aliphatic hydroxyl groups excluding tert-OH is 1. The van der Waals surface area contributed by atoms with E-state index in [0.717, 1.165) is 0 Å². The molecule has 0 radical (unpaired) electrons. The van der Waals surface area contributed by atoms with Crippen LogP contribution in [0.15, 0.2) is 0 Å². The van der Waals surface area contributed by atoms with Gasteiger partial charge in [-0.05, 0) is 0 Å². The third-order valence-corrected chi connectivity index (χ3v) is 2.15. The Morgan fingerprint density at radius 1 is 1.00 bits per heavy atom. The van der Waals surface area contributed by atoms with E-state index in [1.165, 1.54) is 0 Å². The van der Waals surface area contributed by atoms with Crippen LogP contribution in [0.25, 0.3) is 0 Å². The average Bonchev–Trinajstić information content (AvgIpc) is 2.26. The number of carboxylic acid groups (broad SMARTS) is 3. The van der Waals surface area contributed by atoms with Crippen molar-refractivity contribution in [3.63, 3.8) is 0 Å². The molecule has 0 aliphatic carbocycles. The van der Waals surface area contributed by atoms with Crippen LogP contribution in [-0.4, -0.2) is 90.1 Å². The number of hydrogen-bond donors (Lipinski definition) is 5. The summed E-state index contributed by atoms with van der Waals surface area (Å²) in [5.74, 6) is -8.52. The van der Waals surface area contributed by atoms with Gasteiger partial charge < -0.3 is 33.1 Å². The molecule has 0 amide bonds. The second-order valence-electron chi connectivity index (χ2n) is 3.99. The fraction of sp³-hybridized carbons (Fsp3) is 0.500. The van der Waals surface area contributed by atoms with Gasteiger partial charge in [-0.25, -0.2) is 9.59 Å². The summed E-state index contributed by atoms with van der Waals surface area (Å²) in [5, 5.41) is 43.7. The quantitative estimate of drug-likeness (QED) is 0.177. The van der Waals surface area contributed by atoms with Crippen LogP contribution in [0.3, 0.4) is 0 Å². The number of carbonyl (C=O) groups excluding carboxylic acids is 2. The number of esters is 2. The summed E-state index contributed by atoms with van der Waals surface area (Å²) < 4.78 is 3.98. The van der Waals surface area contributed by atoms with Crippen LogP contribution in [0.5, 0.6) is 0 Å². The van der Waals surface area contributed by atoms with Crippen LogP contribution in [0.4, 0.5) is 0 Å². The molecule has 0 aliphatic heterocycles. The number of ether oxygens (including phenoxy) is 1. The Hall–Kier alpha value is -1.76. The van der Waals surface area contributed by atoms with E-state index in [-0.39, 0.29) is 25.9 Å². The van der Waals surface area contributed by atoms with Crippen molar-refractivity contribution >= 4 is 52.9 Å². The van der Waals surface area contributed by atoms with Gasteiger partial charge in [0, 0.05) is 0 Å². The zero-order chi connectivity index (χ0) is 16.8. The molecule has 0 bridgehead atoms. The van der Waals surface area contributed by atoms with Crippen molar-refractivity contribution in [2.75, 3.05) is 0 Å². The van der Waals surface area contributed by atoms with E-state index in [9.17, 15) is 29.1 Å². The fourth-order valence-corrected chi connectivity index (χ4v) is 1.15. The first-order valence-corrected chi connectivity index (χ1v) is 5.30. The minimum Gasteiger partial charge on any atom is -1.00 e. The van der Waals surface area contributed by atoms with Crippen molar-refractivity contribution in [2.45, 2.75) is 31.0 Å². The Kier molecular flexibility index (Phi) is 9.51. The number of hydrogen-bond acceptors (Lipinski definition) is 8. The average molecular weight is 335 g/mol. The molecule has 0 fully saturated rings. The van der Waals surface area contributed by atoms with Crippen LogP contribution >= 0.6 is 0 Å². The number of rotatable bonds is 8. The van der Waals surface area contributed by atoms with Gasteiger partial charge in [-0.2, -0.15) is 0 Å². The topological polar surface area (TPSA) is 196 Å². The summed E-state index contributed by atoms with van der Waals surface area (Å²) in [4.78, 5) is 53.6. The number of carbonyl (C=O) groups is 5. The second-order valence-corrected chi connectivity index (χ2v) is 3.99. The summed E-state index contributed by atoms with van der Waals surface area (Å²) in [7, 11) is 0. The molecule has 0 saturated carbocycles. The molecule has 0 aromatic rings. The molecule has 0 spiro atoms. The standard InChI is InChI=1S/C10H12O11.Mg.2H/c11-4(8(16)17)1-6(14)21-7(15)3-10(20,9(18)19)2-5(12)13;;;/h4,11,20H,1-3H2,(H,12,13)(H,16,17)(H,18,19);;;/q;+2;2*-1. The zero-order valence-electron chi connectivity index (χ0n) is 13.1. The molecule has 0 heterocycles. The van der Waals surface area contributed by atoms with Crippen molar-refractivity contribution in [3.05, 3.63) is 0 Å². The first-order valence-electron chi connectivity index (χ1n) is 5.30. The monoisotopic (exact) mass is 334 g/mol. The summed E-state index contributed by atoms with van der Waals surface area (Å²) >= 11 is 0. The molecular weight excluding hydrogens is 320 g/mol. The van der Waals surface area contributed by atoms with Gasteiger partial charge in [0.2, 0.25) is 0 Å². The van der Waals surface area contributed by atoms with Gasteiger partial charge in [0.15, 0.2) is 11.7 Å². The number of carboxylic acids is 3. The van der Waals surface area contributed by atoms with E-state index >= 15 is 0 Å². The molecule has 5 N–H and O–H groups in total. The van der Waals surface area contributed by atoms with Gasteiger partial charge in [0.1, 0.15) is 0 Å². The molecule has 11 nitrogen and oxygen atoms in total. The maximum absolute atomic E-state index is 11.2. The Morgan fingerprint density at radius 3 is 1.86 bits per heavy atom. The van der Waals surface area contributed by atoms with Crippen molar-refractivity contribution < 1.29 is 57.1 Å². The van der Waals surface area contributed by atoms with E-state index < -0.39 is 60.8 Å². The number of aliphatic hydroxyl groups is 2. The molecule has 0 saturated heterocycles. The molecule has 22 heavy (non-hydrogen) atoms. The normalized spacial score (nSPS) is 13.9. The van der Waals surface area contributed by atoms with E-state index in [1.807, 2.05) is 0 Å². The van der Waals surface area contributed by atoms with Crippen LogP contribution in [0.1, 0.15) is 22.1 Å². The van der Waals surface area contributed by atoms with Crippen molar-refractivity contribution in [1.82, 2.24) is 0 Å². The van der Waals surface area contributed by atoms with E-state index in [0.29, 0.717) is 0 Å². The predicted octanol–water partition coefficient (Wildman–Crippen LogP) is -2.58. The molecule has 2 unspecified atom stereocenters. The Morgan fingerprint density at radius 2 is 1.50 bits per heavy atom. The van der Waals surface area contributed by atoms with Gasteiger partial charge >= 0.3 is 52.9 Å². The van der Waals surface area contributed by atoms with Gasteiger partial charge in [0.25, 0.3) is 0 Å². The molecule has 0 aromatic carbocycles. The Balaban J connectivity index is -0.000000667. The molecule has 0 aliphatic rings. The Bertz CT molecular complexity index is 483. The first kappa shape index (κ1) is 22.5. The van der Waals surface area contributed by atoms with Crippen molar-refractivity contribution in [3.8, 4) is 0 Å². The van der Waals surface area contributed by atoms with E-state index in [2.05, 4.69) is 4.74 Å². The maximum atomic E-state index is 11.2. The molecule has 0 rings (SSSR count). The maximum Gasteiger partial charge on any atom is 2.00 e. The van der Waals surface area contributed by atoms with Crippen LogP contribution < -0.4 is 0 Å². The third kappa shape index (κ3) is 7.87. The summed E-state index contributed by atoms with van der Waals surface area (Å²) in [6, 6.07) is 0. The van der Waals surface area contributed by atoms with Crippen molar-refractivity contribution in [1.29, 1.82) is 0 Å². The van der Waals surface area contributed by atoms with Gasteiger partial charge in [0.05, 0.1) is 19.3 Å². The largest absolute Gasteiger partial charge is 2.00 e. The predicted molar refractivity (Wildman–Crippen MR) is 66.8 cm³/mol. The van der Waals surface area contributed by atoms with Crippen molar-refractivity contribution in [2.24, 2.45) is 0 Å². The molecular formula is C10H14MgO11.